The molecule has 2 aromatic rings. The molecule has 4 heteroatoms. The van der Waals surface area contributed by atoms with Crippen molar-refractivity contribution < 1.29 is 4.79 Å². The quantitative estimate of drug-likeness (QED) is 0.790. The molecule has 3 nitrogen and oxygen atoms in total. The molecule has 1 aliphatic heterocycles. The first-order valence-corrected chi connectivity index (χ1v) is 9.86. The predicted molar refractivity (Wildman–Crippen MR) is 107 cm³/mol. The fourth-order valence-corrected chi connectivity index (χ4v) is 3.87. The Morgan fingerprint density at radius 3 is 2.65 bits per heavy atom. The Labute approximate surface area is 161 Å². The van der Waals surface area contributed by atoms with E-state index in [1.165, 1.54) is 5.56 Å². The van der Waals surface area contributed by atoms with Crippen molar-refractivity contribution >= 4 is 17.5 Å². The average molecular weight is 371 g/mol. The van der Waals surface area contributed by atoms with Gasteiger partial charge < -0.3 is 5.32 Å². The molecule has 26 heavy (non-hydrogen) atoms. The van der Waals surface area contributed by atoms with Crippen LogP contribution in [0.25, 0.3) is 0 Å². The second-order valence-corrected chi connectivity index (χ2v) is 7.45. The Kier molecular flexibility index (Phi) is 6.70. The zero-order chi connectivity index (χ0) is 18.4. The largest absolute Gasteiger partial charge is 0.349 e. The van der Waals surface area contributed by atoms with Gasteiger partial charge in [0.15, 0.2) is 0 Å². The molecule has 0 spiro atoms. The number of amides is 1. The van der Waals surface area contributed by atoms with Crippen LogP contribution in [-0.4, -0.2) is 23.9 Å². The van der Waals surface area contributed by atoms with Gasteiger partial charge >= 0.3 is 0 Å². The van der Waals surface area contributed by atoms with Gasteiger partial charge in [-0.2, -0.15) is 0 Å². The van der Waals surface area contributed by atoms with Gasteiger partial charge in [-0.25, -0.2) is 0 Å². The number of piperidine rings is 1. The SMILES string of the molecule is CCC(NC(=O)C1CCCN(Cc2ccccc2Cl)C1)c1ccccc1. The average Bonchev–Trinajstić information content (AvgIpc) is 2.68. The lowest BCUT2D eigenvalue weighted by molar-refractivity contribution is -0.127. The highest BCUT2D eigenvalue weighted by molar-refractivity contribution is 6.31. The normalized spacial score (nSPS) is 19.1. The molecule has 3 rings (SSSR count). The number of carbonyl (C=O) groups is 1. The third-order valence-electron chi connectivity index (χ3n) is 5.15. The van der Waals surface area contributed by atoms with E-state index in [9.17, 15) is 4.79 Å². The number of hydrogen-bond acceptors (Lipinski definition) is 2. The lowest BCUT2D eigenvalue weighted by atomic mass is 9.95. The van der Waals surface area contributed by atoms with Crippen LogP contribution in [0.2, 0.25) is 5.02 Å². The fraction of sp³-hybridized carbons (Fsp3) is 0.409. The van der Waals surface area contributed by atoms with Gasteiger partial charge in [-0.05, 0) is 43.0 Å². The second kappa shape index (κ2) is 9.20. The molecule has 1 N–H and O–H groups in total. The molecule has 2 unspecified atom stereocenters. The summed E-state index contributed by atoms with van der Waals surface area (Å²) in [6.45, 7) is 4.73. The highest BCUT2D eigenvalue weighted by Crippen LogP contribution is 2.24. The number of benzene rings is 2. The van der Waals surface area contributed by atoms with E-state index in [0.29, 0.717) is 0 Å². The monoisotopic (exact) mass is 370 g/mol. The minimum Gasteiger partial charge on any atom is -0.349 e. The zero-order valence-corrected chi connectivity index (χ0v) is 16.1. The van der Waals surface area contributed by atoms with Gasteiger partial charge in [-0.1, -0.05) is 67.1 Å². The van der Waals surface area contributed by atoms with Gasteiger partial charge in [-0.15, -0.1) is 0 Å². The van der Waals surface area contributed by atoms with Crippen molar-refractivity contribution in [3.8, 4) is 0 Å². The maximum atomic E-state index is 12.8. The van der Waals surface area contributed by atoms with E-state index in [1.54, 1.807) is 0 Å². The first-order valence-electron chi connectivity index (χ1n) is 9.48. The number of hydrogen-bond donors (Lipinski definition) is 1. The molecular formula is C22H27ClN2O. The number of nitrogens with one attached hydrogen (secondary N) is 1. The standard InChI is InChI=1S/C22H27ClN2O/c1-2-21(17-9-4-3-5-10-17)24-22(26)19-12-8-14-25(16-19)15-18-11-6-7-13-20(18)23/h3-7,9-11,13,19,21H,2,8,12,14-16H2,1H3,(H,24,26). The maximum Gasteiger partial charge on any atom is 0.224 e. The number of likely N-dealkylation sites (tertiary alicyclic amines) is 1. The van der Waals surface area contributed by atoms with Crippen molar-refractivity contribution in [1.82, 2.24) is 10.2 Å². The summed E-state index contributed by atoms with van der Waals surface area (Å²) < 4.78 is 0. The second-order valence-electron chi connectivity index (χ2n) is 7.05. The fourth-order valence-electron chi connectivity index (χ4n) is 3.68. The summed E-state index contributed by atoms with van der Waals surface area (Å²) in [4.78, 5) is 15.2. The number of carbonyl (C=O) groups excluding carboxylic acids is 1. The van der Waals surface area contributed by atoms with E-state index in [2.05, 4.69) is 35.3 Å². The summed E-state index contributed by atoms with van der Waals surface area (Å²) in [5.74, 6) is 0.216. The van der Waals surface area contributed by atoms with Crippen LogP contribution in [0.1, 0.15) is 43.4 Å². The Morgan fingerprint density at radius 2 is 1.92 bits per heavy atom. The molecule has 0 bridgehead atoms. The zero-order valence-electron chi connectivity index (χ0n) is 15.3. The molecule has 0 aliphatic carbocycles. The highest BCUT2D eigenvalue weighted by atomic mass is 35.5. The Balaban J connectivity index is 1.60. The maximum absolute atomic E-state index is 12.8. The number of nitrogens with zero attached hydrogens (tertiary/aromatic N) is 1. The summed E-state index contributed by atoms with van der Waals surface area (Å²) in [5.41, 5.74) is 2.30. The van der Waals surface area contributed by atoms with Gasteiger partial charge in [-0.3, -0.25) is 9.69 Å². The van der Waals surface area contributed by atoms with Gasteiger partial charge in [0.05, 0.1) is 12.0 Å². The van der Waals surface area contributed by atoms with Crippen LogP contribution in [0.3, 0.4) is 0 Å². The Hall–Kier alpha value is -1.84. The molecule has 0 radical (unpaired) electrons. The molecule has 2 aromatic carbocycles. The van der Waals surface area contributed by atoms with Crippen LogP contribution in [-0.2, 0) is 11.3 Å². The molecule has 1 heterocycles. The van der Waals surface area contributed by atoms with Crippen molar-refractivity contribution in [2.45, 2.75) is 38.8 Å². The van der Waals surface area contributed by atoms with E-state index in [0.717, 1.165) is 49.5 Å². The van der Waals surface area contributed by atoms with Gasteiger partial charge in [0.25, 0.3) is 0 Å². The summed E-state index contributed by atoms with van der Waals surface area (Å²) in [7, 11) is 0. The van der Waals surface area contributed by atoms with Crippen molar-refractivity contribution in [2.24, 2.45) is 5.92 Å². The van der Waals surface area contributed by atoms with Crippen LogP contribution >= 0.6 is 11.6 Å². The Bertz CT molecular complexity index is 719. The van der Waals surface area contributed by atoms with E-state index in [4.69, 9.17) is 11.6 Å². The molecule has 0 aromatic heterocycles. The van der Waals surface area contributed by atoms with Crippen molar-refractivity contribution in [1.29, 1.82) is 0 Å². The molecule has 0 saturated carbocycles. The molecule has 2 atom stereocenters. The lowest BCUT2D eigenvalue weighted by Crippen LogP contribution is -2.43. The summed E-state index contributed by atoms with van der Waals surface area (Å²) in [6, 6.07) is 18.3. The van der Waals surface area contributed by atoms with Crippen LogP contribution in [0.4, 0.5) is 0 Å². The molecule has 1 amide bonds. The molecular weight excluding hydrogens is 344 g/mol. The van der Waals surface area contributed by atoms with E-state index < -0.39 is 0 Å². The molecule has 1 saturated heterocycles. The minimum absolute atomic E-state index is 0.0454. The van der Waals surface area contributed by atoms with Crippen LogP contribution < -0.4 is 5.32 Å². The topological polar surface area (TPSA) is 32.3 Å². The summed E-state index contributed by atoms with van der Waals surface area (Å²) in [6.07, 6.45) is 2.90. The van der Waals surface area contributed by atoms with Crippen LogP contribution in [0.15, 0.2) is 54.6 Å². The van der Waals surface area contributed by atoms with E-state index in [1.807, 2.05) is 36.4 Å². The summed E-state index contributed by atoms with van der Waals surface area (Å²) >= 11 is 6.29. The third kappa shape index (κ3) is 4.87. The van der Waals surface area contributed by atoms with Gasteiger partial charge in [0.1, 0.15) is 0 Å². The van der Waals surface area contributed by atoms with Gasteiger partial charge in [0.2, 0.25) is 5.91 Å². The van der Waals surface area contributed by atoms with Crippen molar-refractivity contribution in [3.63, 3.8) is 0 Å². The lowest BCUT2D eigenvalue weighted by Gasteiger charge is -2.33. The van der Waals surface area contributed by atoms with E-state index in [-0.39, 0.29) is 17.9 Å². The van der Waals surface area contributed by atoms with Crippen LogP contribution in [0, 0.1) is 5.92 Å². The molecule has 138 valence electrons. The number of rotatable bonds is 6. The molecule has 1 fully saturated rings. The third-order valence-corrected chi connectivity index (χ3v) is 5.52. The van der Waals surface area contributed by atoms with Crippen molar-refractivity contribution in [3.05, 3.63) is 70.7 Å². The highest BCUT2D eigenvalue weighted by Gasteiger charge is 2.27. The smallest absolute Gasteiger partial charge is 0.224 e. The van der Waals surface area contributed by atoms with Crippen LogP contribution in [0.5, 0.6) is 0 Å². The summed E-state index contributed by atoms with van der Waals surface area (Å²) in [5, 5.41) is 4.06. The van der Waals surface area contributed by atoms with E-state index >= 15 is 0 Å². The predicted octanol–water partition coefficient (Wildman–Crippen LogP) is 4.82. The Morgan fingerprint density at radius 1 is 1.19 bits per heavy atom. The first-order chi connectivity index (χ1) is 12.7. The molecule has 1 aliphatic rings. The minimum atomic E-state index is 0.0454. The van der Waals surface area contributed by atoms with Crippen molar-refractivity contribution in [2.75, 3.05) is 13.1 Å². The first kappa shape index (κ1) is 18.9. The van der Waals surface area contributed by atoms with Gasteiger partial charge in [0, 0.05) is 18.1 Å². The number of halogens is 1.